The second-order valence-corrected chi connectivity index (χ2v) is 4.89. The zero-order valence-corrected chi connectivity index (χ0v) is 11.8. The van der Waals surface area contributed by atoms with Crippen LogP contribution in [0.4, 0.5) is 0 Å². The Labute approximate surface area is 122 Å². The number of rotatable bonds is 5. The van der Waals surface area contributed by atoms with Crippen molar-refractivity contribution in [3.8, 4) is 0 Å². The summed E-state index contributed by atoms with van der Waals surface area (Å²) in [4.78, 5) is 25.7. The van der Waals surface area contributed by atoms with Crippen LogP contribution in [-0.2, 0) is 13.1 Å². The molecule has 5 nitrogen and oxygen atoms in total. The summed E-state index contributed by atoms with van der Waals surface area (Å²) in [5, 5.41) is 3.16. The van der Waals surface area contributed by atoms with Gasteiger partial charge in [0.2, 0.25) is 0 Å². The lowest BCUT2D eigenvalue weighted by Gasteiger charge is -2.11. The summed E-state index contributed by atoms with van der Waals surface area (Å²) in [6.07, 6.45) is 0. The molecule has 0 fully saturated rings. The maximum atomic E-state index is 12.2. The van der Waals surface area contributed by atoms with Crippen molar-refractivity contribution in [1.29, 1.82) is 0 Å². The topological polar surface area (TPSA) is 62.6 Å². The van der Waals surface area contributed by atoms with Gasteiger partial charge in [0.1, 0.15) is 11.5 Å². The minimum absolute atomic E-state index is 0.165. The average molecular weight is 284 g/mol. The first kappa shape index (κ1) is 13.6. The normalized spacial score (nSPS) is 13.9. The van der Waals surface area contributed by atoms with Crippen molar-refractivity contribution in [2.24, 2.45) is 0 Å². The van der Waals surface area contributed by atoms with Crippen molar-refractivity contribution in [3.63, 3.8) is 0 Å². The minimum Gasteiger partial charge on any atom is -0.463 e. The molecule has 0 spiro atoms. The number of carbonyl (C=O) groups is 2. The third-order valence-corrected chi connectivity index (χ3v) is 3.46. The predicted molar refractivity (Wildman–Crippen MR) is 76.7 cm³/mol. The molecule has 0 aliphatic carbocycles. The van der Waals surface area contributed by atoms with Crippen LogP contribution in [0.2, 0.25) is 0 Å². The molecule has 108 valence electrons. The van der Waals surface area contributed by atoms with Gasteiger partial charge >= 0.3 is 0 Å². The Kier molecular flexibility index (Phi) is 3.58. The predicted octanol–water partition coefficient (Wildman–Crippen LogP) is 2.19. The van der Waals surface area contributed by atoms with Gasteiger partial charge in [-0.3, -0.25) is 14.5 Å². The van der Waals surface area contributed by atoms with Crippen LogP contribution in [0.15, 0.2) is 40.8 Å². The number of fused-ring (bicyclic) bond motifs is 1. The fraction of sp³-hybridized carbons (Fsp3) is 0.250. The second-order valence-electron chi connectivity index (χ2n) is 4.89. The molecule has 3 rings (SSSR count). The molecule has 0 saturated carbocycles. The quantitative estimate of drug-likeness (QED) is 0.855. The molecule has 0 radical (unpaired) electrons. The molecule has 1 aliphatic heterocycles. The summed E-state index contributed by atoms with van der Waals surface area (Å²) in [5.74, 6) is 0.876. The van der Waals surface area contributed by atoms with Crippen molar-refractivity contribution in [2.45, 2.75) is 20.0 Å². The highest BCUT2D eigenvalue weighted by molar-refractivity contribution is 6.21. The molecule has 1 aliphatic rings. The Hall–Kier alpha value is -2.40. The van der Waals surface area contributed by atoms with E-state index in [4.69, 9.17) is 4.42 Å². The maximum Gasteiger partial charge on any atom is 0.261 e. The third-order valence-electron chi connectivity index (χ3n) is 3.46. The molecular weight excluding hydrogens is 268 g/mol. The van der Waals surface area contributed by atoms with E-state index in [0.717, 1.165) is 12.3 Å². The van der Waals surface area contributed by atoms with Crippen molar-refractivity contribution in [1.82, 2.24) is 10.2 Å². The number of hydrogen-bond acceptors (Lipinski definition) is 4. The molecule has 5 heteroatoms. The van der Waals surface area contributed by atoms with Crippen LogP contribution in [0.1, 0.15) is 39.2 Å². The molecule has 1 N–H and O–H groups in total. The van der Waals surface area contributed by atoms with Gasteiger partial charge in [-0.2, -0.15) is 0 Å². The van der Waals surface area contributed by atoms with Crippen LogP contribution >= 0.6 is 0 Å². The molecule has 0 atom stereocenters. The van der Waals surface area contributed by atoms with Crippen LogP contribution in [0.3, 0.4) is 0 Å². The molecule has 0 unspecified atom stereocenters. The van der Waals surface area contributed by atoms with E-state index in [1.165, 1.54) is 4.90 Å². The number of hydrogen-bond donors (Lipinski definition) is 1. The maximum absolute atomic E-state index is 12.2. The highest BCUT2D eigenvalue weighted by atomic mass is 16.3. The molecule has 2 heterocycles. The summed E-state index contributed by atoms with van der Waals surface area (Å²) in [5.41, 5.74) is 0.920. The van der Waals surface area contributed by atoms with Crippen molar-refractivity contribution in [2.75, 3.05) is 6.54 Å². The molecule has 2 aromatic rings. The van der Waals surface area contributed by atoms with E-state index in [2.05, 4.69) is 5.32 Å². The van der Waals surface area contributed by atoms with E-state index in [1.54, 1.807) is 30.3 Å². The van der Waals surface area contributed by atoms with E-state index in [-0.39, 0.29) is 18.4 Å². The summed E-state index contributed by atoms with van der Waals surface area (Å²) in [6, 6.07) is 10.5. The highest BCUT2D eigenvalue weighted by Gasteiger charge is 2.35. The van der Waals surface area contributed by atoms with Gasteiger partial charge in [0.15, 0.2) is 0 Å². The van der Waals surface area contributed by atoms with Gasteiger partial charge in [0, 0.05) is 0 Å². The Morgan fingerprint density at radius 2 is 1.62 bits per heavy atom. The van der Waals surface area contributed by atoms with E-state index in [0.29, 0.717) is 23.4 Å². The Bertz CT molecular complexity index is 655. The largest absolute Gasteiger partial charge is 0.463 e. The molecule has 21 heavy (non-hydrogen) atoms. The van der Waals surface area contributed by atoms with Gasteiger partial charge in [-0.1, -0.05) is 19.1 Å². The van der Waals surface area contributed by atoms with Gasteiger partial charge in [-0.15, -0.1) is 0 Å². The standard InChI is InChI=1S/C16H16N2O3/c1-2-17-9-11-7-8-12(21-11)10-18-15(19)13-5-3-4-6-14(13)16(18)20/h3-8,17H,2,9-10H2,1H3. The monoisotopic (exact) mass is 284 g/mol. The lowest BCUT2D eigenvalue weighted by molar-refractivity contribution is 0.0631. The number of imide groups is 1. The number of nitrogens with one attached hydrogen (secondary N) is 1. The molecule has 0 saturated heterocycles. The van der Waals surface area contributed by atoms with E-state index in [9.17, 15) is 9.59 Å². The summed E-state index contributed by atoms with van der Waals surface area (Å²) in [7, 11) is 0. The van der Waals surface area contributed by atoms with E-state index >= 15 is 0 Å². The first-order chi connectivity index (χ1) is 10.2. The van der Waals surface area contributed by atoms with Gasteiger partial charge < -0.3 is 9.73 Å². The van der Waals surface area contributed by atoms with Crippen molar-refractivity contribution >= 4 is 11.8 Å². The van der Waals surface area contributed by atoms with Gasteiger partial charge in [-0.05, 0) is 30.8 Å². The van der Waals surface area contributed by atoms with Gasteiger partial charge in [-0.25, -0.2) is 0 Å². The van der Waals surface area contributed by atoms with Crippen LogP contribution in [0.25, 0.3) is 0 Å². The average Bonchev–Trinajstić information content (AvgIpc) is 3.05. The van der Waals surface area contributed by atoms with Crippen LogP contribution in [0, 0.1) is 0 Å². The van der Waals surface area contributed by atoms with Gasteiger partial charge in [0.25, 0.3) is 11.8 Å². The zero-order chi connectivity index (χ0) is 14.8. The third kappa shape index (κ3) is 2.48. The minimum atomic E-state index is -0.264. The lowest BCUT2D eigenvalue weighted by Crippen LogP contribution is -2.28. The van der Waals surface area contributed by atoms with Crippen LogP contribution < -0.4 is 5.32 Å². The number of nitrogens with zero attached hydrogens (tertiary/aromatic N) is 1. The molecule has 0 bridgehead atoms. The lowest BCUT2D eigenvalue weighted by atomic mass is 10.1. The number of furan rings is 1. The molecular formula is C16H16N2O3. The number of amides is 2. The van der Waals surface area contributed by atoms with E-state index in [1.807, 2.05) is 13.0 Å². The Balaban J connectivity index is 1.76. The molecule has 1 aromatic heterocycles. The first-order valence-corrected chi connectivity index (χ1v) is 6.94. The van der Waals surface area contributed by atoms with Crippen molar-refractivity contribution < 1.29 is 14.0 Å². The SMILES string of the molecule is CCNCc1ccc(CN2C(=O)c3ccccc3C2=O)o1. The number of carbonyl (C=O) groups excluding carboxylic acids is 2. The summed E-state index contributed by atoms with van der Waals surface area (Å²) in [6.45, 7) is 3.67. The summed E-state index contributed by atoms with van der Waals surface area (Å²) >= 11 is 0. The molecule has 1 aromatic carbocycles. The van der Waals surface area contributed by atoms with Crippen LogP contribution in [-0.4, -0.2) is 23.3 Å². The Morgan fingerprint density at radius 1 is 1.00 bits per heavy atom. The first-order valence-electron chi connectivity index (χ1n) is 6.94. The number of benzene rings is 1. The fourth-order valence-corrected chi connectivity index (χ4v) is 2.39. The zero-order valence-electron chi connectivity index (χ0n) is 11.8. The second kappa shape index (κ2) is 5.54. The fourth-order valence-electron chi connectivity index (χ4n) is 2.39. The Morgan fingerprint density at radius 3 is 2.24 bits per heavy atom. The van der Waals surface area contributed by atoms with Crippen molar-refractivity contribution in [3.05, 3.63) is 59.0 Å². The van der Waals surface area contributed by atoms with Crippen LogP contribution in [0.5, 0.6) is 0 Å². The van der Waals surface area contributed by atoms with E-state index < -0.39 is 0 Å². The summed E-state index contributed by atoms with van der Waals surface area (Å²) < 4.78 is 5.63. The van der Waals surface area contributed by atoms with Gasteiger partial charge in [0.05, 0.1) is 24.2 Å². The smallest absolute Gasteiger partial charge is 0.261 e. The highest BCUT2D eigenvalue weighted by Crippen LogP contribution is 2.24. The molecule has 2 amide bonds.